The van der Waals surface area contributed by atoms with E-state index in [1.807, 2.05) is 0 Å². The fourth-order valence-electron chi connectivity index (χ4n) is 0.924. The Labute approximate surface area is 93.5 Å². The van der Waals surface area contributed by atoms with Crippen LogP contribution in [0.1, 0.15) is 12.5 Å². The molecule has 0 aromatic carbocycles. The molecule has 0 spiro atoms. The fraction of sp³-hybridized carbons (Fsp3) is 0.250. The highest BCUT2D eigenvalue weighted by Crippen LogP contribution is 2.20. The molecule has 0 saturated carbocycles. The topological polar surface area (TPSA) is 82.3 Å². The summed E-state index contributed by atoms with van der Waals surface area (Å²) in [4.78, 5) is 24.1. The Hall–Kier alpha value is -1.50. The monoisotopic (exact) mass is 274 g/mol. The summed E-state index contributed by atoms with van der Waals surface area (Å²) in [6.07, 6.45) is 1.31. The smallest absolute Gasteiger partial charge is 0.370 e. The average Bonchev–Trinajstić information content (AvgIpc) is 2.14. The zero-order valence-electron chi connectivity index (χ0n) is 7.77. The second-order valence-electron chi connectivity index (χ2n) is 2.67. The molecule has 0 radical (unpaired) electrons. The van der Waals surface area contributed by atoms with E-state index in [0.717, 1.165) is 0 Å². The molecule has 80 valence electrons. The van der Waals surface area contributed by atoms with E-state index in [1.165, 1.54) is 19.2 Å². The van der Waals surface area contributed by atoms with E-state index in [0.29, 0.717) is 4.47 Å². The van der Waals surface area contributed by atoms with Gasteiger partial charge in [0.05, 0.1) is 10.0 Å². The van der Waals surface area contributed by atoms with Crippen LogP contribution in [0.4, 0.5) is 5.82 Å². The Morgan fingerprint density at radius 1 is 1.73 bits per heavy atom. The van der Waals surface area contributed by atoms with Crippen molar-refractivity contribution < 1.29 is 14.5 Å². The summed E-state index contributed by atoms with van der Waals surface area (Å²) >= 11 is 3.13. The summed E-state index contributed by atoms with van der Waals surface area (Å²) in [5.74, 6) is -0.802. The number of halogens is 1. The molecule has 0 bridgehead atoms. The molecule has 7 heteroatoms. The Morgan fingerprint density at radius 2 is 2.40 bits per heavy atom. The van der Waals surface area contributed by atoms with Crippen LogP contribution >= 0.6 is 15.9 Å². The summed E-state index contributed by atoms with van der Waals surface area (Å²) in [6.45, 7) is 1.08. The van der Waals surface area contributed by atoms with Gasteiger partial charge in [-0.3, -0.25) is 4.79 Å². The van der Waals surface area contributed by atoms with Crippen molar-refractivity contribution in [3.8, 4) is 0 Å². The van der Waals surface area contributed by atoms with Crippen LogP contribution in [0.15, 0.2) is 16.7 Å². The van der Waals surface area contributed by atoms with Crippen LogP contribution in [0, 0.1) is 10.1 Å². The second kappa shape index (κ2) is 4.83. The molecule has 1 aromatic rings. The summed E-state index contributed by atoms with van der Waals surface area (Å²) in [5.41, 5.74) is 0.254. The molecule has 6 nitrogen and oxygen atoms in total. The van der Waals surface area contributed by atoms with E-state index in [4.69, 9.17) is 0 Å². The lowest BCUT2D eigenvalue weighted by atomic mass is 10.3. The third-order valence-electron chi connectivity index (χ3n) is 1.51. The molecule has 0 N–H and O–H groups in total. The number of pyridine rings is 1. The predicted octanol–water partition coefficient (Wildman–Crippen LogP) is 1.82. The first-order valence-electron chi connectivity index (χ1n) is 3.93. The molecule has 0 unspecified atom stereocenters. The molecule has 0 saturated heterocycles. The van der Waals surface area contributed by atoms with E-state index in [1.54, 1.807) is 0 Å². The maximum Gasteiger partial charge on any atom is 0.370 e. The highest BCUT2D eigenvalue weighted by molar-refractivity contribution is 9.10. The minimum Gasteiger partial charge on any atom is -0.461 e. The number of hydrogen-bond donors (Lipinski definition) is 0. The van der Waals surface area contributed by atoms with Gasteiger partial charge in [0.25, 0.3) is 0 Å². The first kappa shape index (κ1) is 11.6. The number of carbonyl (C=O) groups is 1. The van der Waals surface area contributed by atoms with E-state index < -0.39 is 10.9 Å². The Kier molecular flexibility index (Phi) is 3.73. The van der Waals surface area contributed by atoms with Crippen LogP contribution < -0.4 is 0 Å². The number of ether oxygens (including phenoxy) is 1. The van der Waals surface area contributed by atoms with Gasteiger partial charge in [-0.15, -0.1) is 0 Å². The van der Waals surface area contributed by atoms with Gasteiger partial charge in [0.1, 0.15) is 6.61 Å². The third-order valence-corrected chi connectivity index (χ3v) is 1.95. The summed E-state index contributed by atoms with van der Waals surface area (Å²) in [5, 5.41) is 10.6. The summed E-state index contributed by atoms with van der Waals surface area (Å²) in [6, 6.07) is 1.49. The van der Waals surface area contributed by atoms with Gasteiger partial charge in [-0.05, 0) is 31.9 Å². The van der Waals surface area contributed by atoms with Crippen molar-refractivity contribution in [3.05, 3.63) is 32.4 Å². The van der Waals surface area contributed by atoms with Gasteiger partial charge in [-0.1, -0.05) is 0 Å². The van der Waals surface area contributed by atoms with Gasteiger partial charge in [0, 0.05) is 6.92 Å². The highest BCUT2D eigenvalue weighted by Gasteiger charge is 2.16. The third kappa shape index (κ3) is 3.28. The molecule has 0 aliphatic rings. The average molecular weight is 275 g/mol. The lowest BCUT2D eigenvalue weighted by Gasteiger charge is -2.02. The minimum absolute atomic E-state index is 0.155. The largest absolute Gasteiger partial charge is 0.461 e. The second-order valence-corrected chi connectivity index (χ2v) is 3.59. The van der Waals surface area contributed by atoms with Gasteiger partial charge in [0.2, 0.25) is 0 Å². The maximum absolute atomic E-state index is 10.6. The minimum atomic E-state index is -0.620. The van der Waals surface area contributed by atoms with Crippen LogP contribution in [0.2, 0.25) is 0 Å². The van der Waals surface area contributed by atoms with Crippen molar-refractivity contribution in [1.29, 1.82) is 0 Å². The van der Waals surface area contributed by atoms with Crippen LogP contribution in [0.5, 0.6) is 0 Å². The molecule has 0 aliphatic carbocycles. The number of carbonyl (C=O) groups excluding carboxylic acids is 1. The highest BCUT2D eigenvalue weighted by atomic mass is 79.9. The van der Waals surface area contributed by atoms with E-state index in [-0.39, 0.29) is 18.0 Å². The maximum atomic E-state index is 10.6. The normalized spacial score (nSPS) is 9.73. The van der Waals surface area contributed by atoms with Crippen LogP contribution in [0.25, 0.3) is 0 Å². The number of esters is 1. The SMILES string of the molecule is CC(=O)OCc1cc(Br)cnc1[N+](=O)[O-]. The fourth-order valence-corrected chi connectivity index (χ4v) is 1.30. The molecule has 1 rings (SSSR count). The molecular formula is C8H7BrN2O4. The quantitative estimate of drug-likeness (QED) is 0.477. The van der Waals surface area contributed by atoms with Crippen molar-refractivity contribution in [1.82, 2.24) is 4.98 Å². The zero-order chi connectivity index (χ0) is 11.4. The first-order valence-corrected chi connectivity index (χ1v) is 4.72. The number of rotatable bonds is 3. The summed E-state index contributed by atoms with van der Waals surface area (Å²) in [7, 11) is 0. The lowest BCUT2D eigenvalue weighted by Crippen LogP contribution is -2.03. The molecule has 0 fully saturated rings. The van der Waals surface area contributed by atoms with Crippen molar-refractivity contribution in [3.63, 3.8) is 0 Å². The molecule has 0 amide bonds. The lowest BCUT2D eigenvalue weighted by molar-refractivity contribution is -0.390. The van der Waals surface area contributed by atoms with E-state index in [9.17, 15) is 14.9 Å². The predicted molar refractivity (Wildman–Crippen MR) is 54.1 cm³/mol. The van der Waals surface area contributed by atoms with Gasteiger partial charge in [-0.2, -0.15) is 0 Å². The van der Waals surface area contributed by atoms with Crippen LogP contribution in [-0.2, 0) is 16.1 Å². The zero-order valence-corrected chi connectivity index (χ0v) is 9.35. The van der Waals surface area contributed by atoms with E-state index in [2.05, 4.69) is 25.7 Å². The first-order chi connectivity index (χ1) is 7.00. The van der Waals surface area contributed by atoms with Crippen molar-refractivity contribution in [2.24, 2.45) is 0 Å². The van der Waals surface area contributed by atoms with Crippen molar-refractivity contribution >= 4 is 27.7 Å². The molecule has 1 aromatic heterocycles. The Morgan fingerprint density at radius 3 is 2.93 bits per heavy atom. The number of aromatic nitrogens is 1. The number of nitrogens with zero attached hydrogens (tertiary/aromatic N) is 2. The van der Waals surface area contributed by atoms with Gasteiger partial charge in [0.15, 0.2) is 6.20 Å². The van der Waals surface area contributed by atoms with Gasteiger partial charge >= 0.3 is 11.8 Å². The molecule has 0 atom stereocenters. The molecule has 15 heavy (non-hydrogen) atoms. The number of nitro groups is 1. The summed E-state index contributed by atoms with van der Waals surface area (Å²) < 4.78 is 5.26. The molecule has 0 aliphatic heterocycles. The number of hydrogen-bond acceptors (Lipinski definition) is 5. The van der Waals surface area contributed by atoms with E-state index >= 15 is 0 Å². The molecular weight excluding hydrogens is 268 g/mol. The van der Waals surface area contributed by atoms with Crippen LogP contribution in [-0.4, -0.2) is 15.9 Å². The standard InChI is InChI=1S/C8H7BrN2O4/c1-5(12)15-4-6-2-7(9)3-10-8(6)11(13)14/h2-3H,4H2,1H3. The van der Waals surface area contributed by atoms with Gasteiger partial charge < -0.3 is 14.9 Å². The Balaban J connectivity index is 2.96. The van der Waals surface area contributed by atoms with Gasteiger partial charge in [-0.25, -0.2) is 0 Å². The van der Waals surface area contributed by atoms with Crippen molar-refractivity contribution in [2.75, 3.05) is 0 Å². The molecule has 1 heterocycles. The van der Waals surface area contributed by atoms with Crippen LogP contribution in [0.3, 0.4) is 0 Å². The van der Waals surface area contributed by atoms with Crippen molar-refractivity contribution in [2.45, 2.75) is 13.5 Å². The Bertz CT molecular complexity index is 408.